The average molecular weight is 386 g/mol. The van der Waals surface area contributed by atoms with Gasteiger partial charge in [0.05, 0.1) is 43.0 Å². The molecule has 152 valence electrons. The maximum absolute atomic E-state index is 11.8. The lowest BCUT2D eigenvalue weighted by molar-refractivity contribution is 0.132. The van der Waals surface area contributed by atoms with Gasteiger partial charge in [-0.25, -0.2) is 4.79 Å². The molecule has 7 heteroatoms. The molecule has 1 N–H and O–H groups in total. The summed E-state index contributed by atoms with van der Waals surface area (Å²) in [7, 11) is 1.85. The van der Waals surface area contributed by atoms with Gasteiger partial charge in [0.1, 0.15) is 5.75 Å². The van der Waals surface area contributed by atoms with Gasteiger partial charge >= 0.3 is 6.09 Å². The number of carbonyl (C=O) groups is 1. The third-order valence-electron chi connectivity index (χ3n) is 4.88. The third-order valence-corrected chi connectivity index (χ3v) is 4.88. The molecule has 28 heavy (non-hydrogen) atoms. The van der Waals surface area contributed by atoms with Crippen LogP contribution in [0.2, 0.25) is 0 Å². The molecule has 2 aromatic rings. The molecule has 1 fully saturated rings. The van der Waals surface area contributed by atoms with E-state index in [-0.39, 0.29) is 0 Å². The van der Waals surface area contributed by atoms with Gasteiger partial charge in [0.25, 0.3) is 0 Å². The largest absolute Gasteiger partial charge is 0.489 e. The summed E-state index contributed by atoms with van der Waals surface area (Å²) >= 11 is 0. The first-order valence-electron chi connectivity index (χ1n) is 10.1. The number of amides is 1. The van der Waals surface area contributed by atoms with Crippen LogP contribution in [0.1, 0.15) is 51.6 Å². The van der Waals surface area contributed by atoms with E-state index in [1.807, 2.05) is 33.0 Å². The van der Waals surface area contributed by atoms with Crippen LogP contribution in [0, 0.1) is 5.92 Å². The minimum Gasteiger partial charge on any atom is -0.489 e. The van der Waals surface area contributed by atoms with Crippen LogP contribution in [-0.2, 0) is 18.3 Å². The van der Waals surface area contributed by atoms with E-state index in [1.54, 1.807) is 17.1 Å². The average Bonchev–Trinajstić information content (AvgIpc) is 3.06. The first-order valence-corrected chi connectivity index (χ1v) is 10.1. The summed E-state index contributed by atoms with van der Waals surface area (Å²) in [4.78, 5) is 16.4. The van der Waals surface area contributed by atoms with E-state index in [0.717, 1.165) is 35.5 Å². The molecule has 2 heterocycles. The Morgan fingerprint density at radius 1 is 1.25 bits per heavy atom. The Hall–Kier alpha value is -2.57. The van der Waals surface area contributed by atoms with E-state index in [9.17, 15) is 4.79 Å². The monoisotopic (exact) mass is 386 g/mol. The molecule has 0 aromatic carbocycles. The smallest absolute Gasteiger partial charge is 0.407 e. The standard InChI is InChI=1S/C21H30N4O3/c1-15(2)14-27-21(26)23-13-20-18(12-24-25(20)3)19-10-9-17(11-22-19)28-16-7-5-4-6-8-16/h9-12,15-16H,4-8,13-14H2,1-3H3,(H,23,26). The molecule has 1 aliphatic rings. The molecule has 1 amide bonds. The van der Waals surface area contributed by atoms with Crippen LogP contribution in [0.5, 0.6) is 5.75 Å². The number of aromatic nitrogens is 3. The lowest BCUT2D eigenvalue weighted by atomic mass is 9.98. The number of rotatable bonds is 7. The molecule has 0 aliphatic heterocycles. The first-order chi connectivity index (χ1) is 13.5. The lowest BCUT2D eigenvalue weighted by Gasteiger charge is -2.22. The fourth-order valence-electron chi connectivity index (χ4n) is 3.32. The van der Waals surface area contributed by atoms with E-state index < -0.39 is 6.09 Å². The van der Waals surface area contributed by atoms with Gasteiger partial charge in [-0.2, -0.15) is 5.10 Å². The fraction of sp³-hybridized carbons (Fsp3) is 0.571. The second kappa shape index (κ2) is 9.57. The van der Waals surface area contributed by atoms with E-state index in [0.29, 0.717) is 25.2 Å². The minimum atomic E-state index is -0.426. The predicted molar refractivity (Wildman–Crippen MR) is 107 cm³/mol. The van der Waals surface area contributed by atoms with Crippen molar-refractivity contribution in [3.8, 4) is 17.0 Å². The maximum atomic E-state index is 11.8. The zero-order valence-electron chi connectivity index (χ0n) is 17.0. The van der Waals surface area contributed by atoms with Crippen molar-refractivity contribution in [1.82, 2.24) is 20.1 Å². The number of ether oxygens (including phenoxy) is 2. The molecule has 3 rings (SSSR count). The normalized spacial score (nSPS) is 14.9. The summed E-state index contributed by atoms with van der Waals surface area (Å²) in [5, 5.41) is 7.10. The quantitative estimate of drug-likeness (QED) is 0.776. The summed E-state index contributed by atoms with van der Waals surface area (Å²) < 4.78 is 13.0. The van der Waals surface area contributed by atoms with Gasteiger partial charge in [-0.05, 0) is 43.7 Å². The summed E-state index contributed by atoms with van der Waals surface area (Å²) in [6.07, 6.45) is 9.43. The highest BCUT2D eigenvalue weighted by molar-refractivity contribution is 5.68. The SMILES string of the molecule is CC(C)COC(=O)NCc1c(-c2ccc(OC3CCCCC3)cn2)cnn1C. The Bertz CT molecular complexity index is 764. The molecule has 7 nitrogen and oxygen atoms in total. The van der Waals surface area contributed by atoms with Gasteiger partial charge in [0.2, 0.25) is 0 Å². The van der Waals surface area contributed by atoms with E-state index in [4.69, 9.17) is 9.47 Å². The zero-order valence-corrected chi connectivity index (χ0v) is 17.0. The molecule has 0 saturated heterocycles. The van der Waals surface area contributed by atoms with Crippen molar-refractivity contribution >= 4 is 6.09 Å². The Morgan fingerprint density at radius 2 is 2.04 bits per heavy atom. The maximum Gasteiger partial charge on any atom is 0.407 e. The van der Waals surface area contributed by atoms with Gasteiger partial charge in [-0.15, -0.1) is 0 Å². The number of nitrogens with zero attached hydrogens (tertiary/aromatic N) is 3. The van der Waals surface area contributed by atoms with Crippen molar-refractivity contribution in [3.63, 3.8) is 0 Å². The van der Waals surface area contributed by atoms with Gasteiger partial charge in [-0.3, -0.25) is 9.67 Å². The van der Waals surface area contributed by atoms with Crippen LogP contribution >= 0.6 is 0 Å². The molecule has 0 bridgehead atoms. The van der Waals surface area contributed by atoms with E-state index >= 15 is 0 Å². The topological polar surface area (TPSA) is 78.3 Å². The second-order valence-electron chi connectivity index (χ2n) is 7.73. The lowest BCUT2D eigenvalue weighted by Crippen LogP contribution is -2.26. The predicted octanol–water partition coefficient (Wildman–Crippen LogP) is 4.08. The van der Waals surface area contributed by atoms with Gasteiger partial charge in [0.15, 0.2) is 0 Å². The fourth-order valence-corrected chi connectivity index (χ4v) is 3.32. The third kappa shape index (κ3) is 5.47. The number of carbonyl (C=O) groups excluding carboxylic acids is 1. The molecule has 0 unspecified atom stereocenters. The van der Waals surface area contributed by atoms with Gasteiger partial charge in [0, 0.05) is 12.6 Å². The van der Waals surface area contributed by atoms with Crippen molar-refractivity contribution in [3.05, 3.63) is 30.2 Å². The van der Waals surface area contributed by atoms with Gasteiger partial charge in [-0.1, -0.05) is 20.3 Å². The number of hydrogen-bond donors (Lipinski definition) is 1. The van der Waals surface area contributed by atoms with Crippen LogP contribution in [0.3, 0.4) is 0 Å². The Labute approximate surface area is 166 Å². The number of nitrogens with one attached hydrogen (secondary N) is 1. The summed E-state index contributed by atoms with van der Waals surface area (Å²) in [5.74, 6) is 1.10. The molecule has 2 aromatic heterocycles. The molecular formula is C21H30N4O3. The van der Waals surface area contributed by atoms with Crippen LogP contribution in [-0.4, -0.2) is 33.6 Å². The number of hydrogen-bond acceptors (Lipinski definition) is 5. The van der Waals surface area contributed by atoms with Crippen LogP contribution in [0.4, 0.5) is 4.79 Å². The van der Waals surface area contributed by atoms with Crippen molar-refractivity contribution < 1.29 is 14.3 Å². The van der Waals surface area contributed by atoms with Crippen molar-refractivity contribution in [1.29, 1.82) is 0 Å². The minimum absolute atomic E-state index is 0.302. The highest BCUT2D eigenvalue weighted by Crippen LogP contribution is 2.26. The van der Waals surface area contributed by atoms with Crippen molar-refractivity contribution in [2.75, 3.05) is 6.61 Å². The summed E-state index contributed by atoms with van der Waals surface area (Å²) in [5.41, 5.74) is 2.56. The zero-order chi connectivity index (χ0) is 19.9. The molecule has 0 atom stereocenters. The van der Waals surface area contributed by atoms with E-state index in [1.165, 1.54) is 19.3 Å². The molecular weight excluding hydrogens is 356 g/mol. The highest BCUT2D eigenvalue weighted by atomic mass is 16.5. The number of pyridine rings is 1. The highest BCUT2D eigenvalue weighted by Gasteiger charge is 2.16. The Morgan fingerprint density at radius 3 is 2.71 bits per heavy atom. The molecule has 1 saturated carbocycles. The number of aryl methyl sites for hydroxylation is 1. The second-order valence-corrected chi connectivity index (χ2v) is 7.73. The first kappa shape index (κ1) is 20.2. The van der Waals surface area contributed by atoms with Gasteiger partial charge < -0.3 is 14.8 Å². The molecule has 0 radical (unpaired) electrons. The van der Waals surface area contributed by atoms with Crippen LogP contribution < -0.4 is 10.1 Å². The van der Waals surface area contributed by atoms with E-state index in [2.05, 4.69) is 15.4 Å². The Kier molecular flexibility index (Phi) is 6.90. The van der Waals surface area contributed by atoms with Crippen LogP contribution in [0.15, 0.2) is 24.5 Å². The molecule has 0 spiro atoms. The summed E-state index contributed by atoms with van der Waals surface area (Å²) in [6, 6.07) is 3.90. The number of alkyl carbamates (subject to hydrolysis) is 1. The van der Waals surface area contributed by atoms with Crippen LogP contribution in [0.25, 0.3) is 11.3 Å². The van der Waals surface area contributed by atoms with Crippen molar-refractivity contribution in [2.45, 2.75) is 58.6 Å². The van der Waals surface area contributed by atoms with Crippen molar-refractivity contribution in [2.24, 2.45) is 13.0 Å². The summed E-state index contributed by atoms with van der Waals surface area (Å²) in [6.45, 7) is 4.72. The molecule has 1 aliphatic carbocycles. The Balaban J connectivity index is 1.62.